The van der Waals surface area contributed by atoms with Crippen molar-refractivity contribution in [3.8, 4) is 5.75 Å². The fourth-order valence-corrected chi connectivity index (χ4v) is 3.79. The Morgan fingerprint density at radius 1 is 1.13 bits per heavy atom. The molecule has 2 aliphatic heterocycles. The molecule has 0 aromatic heterocycles. The van der Waals surface area contributed by atoms with Crippen LogP contribution in [0.1, 0.15) is 13.3 Å². The van der Waals surface area contributed by atoms with E-state index in [0.29, 0.717) is 38.0 Å². The third kappa shape index (κ3) is 6.86. The molecule has 3 N–H and O–H groups in total. The number of nitrogens with zero attached hydrogens (tertiary/aromatic N) is 1. The summed E-state index contributed by atoms with van der Waals surface area (Å²) in [6.07, 6.45) is 0.996. The van der Waals surface area contributed by atoms with E-state index >= 15 is 0 Å². The summed E-state index contributed by atoms with van der Waals surface area (Å²) in [5, 5.41) is 8.29. The monoisotopic (exact) mass is 420 g/mol. The van der Waals surface area contributed by atoms with Gasteiger partial charge in [-0.25, -0.2) is 4.79 Å². The second-order valence-electron chi connectivity index (χ2n) is 7.41. The molecule has 0 radical (unpaired) electrons. The molecule has 0 aliphatic carbocycles. The van der Waals surface area contributed by atoms with Crippen molar-refractivity contribution in [2.24, 2.45) is 5.92 Å². The van der Waals surface area contributed by atoms with Gasteiger partial charge in [0.1, 0.15) is 5.75 Å². The zero-order chi connectivity index (χ0) is 21.2. The Kier molecular flexibility index (Phi) is 8.73. The highest BCUT2D eigenvalue weighted by Crippen LogP contribution is 2.21. The minimum absolute atomic E-state index is 0.103. The molecule has 0 saturated carbocycles. The molecule has 2 heterocycles. The van der Waals surface area contributed by atoms with Gasteiger partial charge in [0.25, 0.3) is 0 Å². The van der Waals surface area contributed by atoms with E-state index in [1.54, 1.807) is 24.3 Å². The van der Waals surface area contributed by atoms with Gasteiger partial charge in [-0.05, 0) is 37.6 Å². The number of hydrogen-bond donors (Lipinski definition) is 3. The van der Waals surface area contributed by atoms with E-state index in [0.717, 1.165) is 38.5 Å². The average Bonchev–Trinajstić information content (AvgIpc) is 3.29. The molecule has 0 bridgehead atoms. The first-order valence-electron chi connectivity index (χ1n) is 10.6. The number of nitrogens with one attached hydrogen (secondary N) is 3. The summed E-state index contributed by atoms with van der Waals surface area (Å²) in [4.78, 5) is 26.7. The van der Waals surface area contributed by atoms with E-state index < -0.39 is 0 Å². The van der Waals surface area contributed by atoms with Gasteiger partial charge in [-0.1, -0.05) is 0 Å². The lowest BCUT2D eigenvalue weighted by atomic mass is 9.97. The fraction of sp³-hybridized carbons (Fsp3) is 0.619. The molecule has 3 rings (SSSR count). The molecule has 2 fully saturated rings. The normalized spacial score (nSPS) is 20.4. The molecule has 30 heavy (non-hydrogen) atoms. The zero-order valence-corrected chi connectivity index (χ0v) is 17.5. The Labute approximate surface area is 177 Å². The third-order valence-electron chi connectivity index (χ3n) is 5.35. The lowest BCUT2D eigenvalue weighted by molar-refractivity contribution is -0.115. The van der Waals surface area contributed by atoms with Crippen molar-refractivity contribution in [3.63, 3.8) is 0 Å². The molecule has 2 saturated heterocycles. The molecule has 2 aliphatic rings. The Balaban J connectivity index is 1.40. The molecule has 0 spiro atoms. The van der Waals surface area contributed by atoms with Gasteiger partial charge >= 0.3 is 6.03 Å². The quantitative estimate of drug-likeness (QED) is 0.552. The van der Waals surface area contributed by atoms with Crippen molar-refractivity contribution in [1.82, 2.24) is 15.5 Å². The van der Waals surface area contributed by atoms with Crippen LogP contribution in [0.25, 0.3) is 0 Å². The van der Waals surface area contributed by atoms with E-state index in [9.17, 15) is 9.59 Å². The lowest BCUT2D eigenvalue weighted by Gasteiger charge is -2.37. The van der Waals surface area contributed by atoms with E-state index in [-0.39, 0.29) is 24.5 Å². The maximum Gasteiger partial charge on any atom is 0.315 e. The summed E-state index contributed by atoms with van der Waals surface area (Å²) >= 11 is 0. The van der Waals surface area contributed by atoms with Crippen LogP contribution in [-0.4, -0.2) is 82.1 Å². The van der Waals surface area contributed by atoms with Crippen LogP contribution in [0.2, 0.25) is 0 Å². The first kappa shape index (κ1) is 22.3. The number of urea groups is 1. The Morgan fingerprint density at radius 2 is 1.90 bits per heavy atom. The van der Waals surface area contributed by atoms with Gasteiger partial charge in [0.05, 0.1) is 33.0 Å². The first-order chi connectivity index (χ1) is 14.7. The van der Waals surface area contributed by atoms with Crippen molar-refractivity contribution < 1.29 is 23.8 Å². The van der Waals surface area contributed by atoms with Gasteiger partial charge in [0, 0.05) is 43.9 Å². The Hall–Kier alpha value is -2.36. The highest BCUT2D eigenvalue weighted by atomic mass is 16.5. The summed E-state index contributed by atoms with van der Waals surface area (Å²) in [6, 6.07) is 6.96. The Bertz CT molecular complexity index is 672. The van der Waals surface area contributed by atoms with Gasteiger partial charge in [-0.15, -0.1) is 0 Å². The van der Waals surface area contributed by atoms with Crippen LogP contribution in [0, 0.1) is 5.92 Å². The summed E-state index contributed by atoms with van der Waals surface area (Å²) in [5.41, 5.74) is 0.652. The maximum atomic E-state index is 12.2. The zero-order valence-electron chi connectivity index (χ0n) is 17.5. The molecule has 166 valence electrons. The van der Waals surface area contributed by atoms with E-state index in [1.165, 1.54) is 0 Å². The van der Waals surface area contributed by atoms with Crippen LogP contribution in [0.3, 0.4) is 0 Å². The minimum Gasteiger partial charge on any atom is -0.494 e. The van der Waals surface area contributed by atoms with Crippen molar-refractivity contribution in [2.45, 2.75) is 19.4 Å². The van der Waals surface area contributed by atoms with Gasteiger partial charge in [-0.2, -0.15) is 0 Å². The molecule has 2 unspecified atom stereocenters. The first-order valence-corrected chi connectivity index (χ1v) is 10.6. The molecular formula is C21H32N4O5. The number of carbonyl (C=O) groups is 2. The van der Waals surface area contributed by atoms with Crippen LogP contribution in [0.5, 0.6) is 5.75 Å². The SMILES string of the molecule is CCOc1ccc(NC(=O)CNC(=O)NCC(C2CCOC2)N2CCOCC2)cc1. The number of hydrogen-bond acceptors (Lipinski definition) is 6. The van der Waals surface area contributed by atoms with Crippen LogP contribution in [0.15, 0.2) is 24.3 Å². The molecule has 1 aromatic carbocycles. The molecule has 1 aromatic rings. The highest BCUT2D eigenvalue weighted by molar-refractivity contribution is 5.94. The van der Waals surface area contributed by atoms with Crippen molar-refractivity contribution in [3.05, 3.63) is 24.3 Å². The highest BCUT2D eigenvalue weighted by Gasteiger charge is 2.31. The number of ether oxygens (including phenoxy) is 3. The predicted octanol–water partition coefficient (Wildman–Crippen LogP) is 1.06. The molecule has 3 amide bonds. The molecule has 9 heteroatoms. The standard InChI is InChI=1S/C21H32N4O5/c1-2-30-18-5-3-17(4-6-18)24-20(26)14-23-21(27)22-13-19(16-7-10-29-15-16)25-8-11-28-12-9-25/h3-6,16,19H,2,7-15H2,1H3,(H,24,26)(H2,22,23,27). The topological polar surface area (TPSA) is 101 Å². The van der Waals surface area contributed by atoms with Crippen LogP contribution in [-0.2, 0) is 14.3 Å². The number of amides is 3. The van der Waals surface area contributed by atoms with E-state index in [2.05, 4.69) is 20.9 Å². The number of carbonyl (C=O) groups excluding carboxylic acids is 2. The van der Waals surface area contributed by atoms with Crippen LogP contribution >= 0.6 is 0 Å². The molecular weight excluding hydrogens is 388 g/mol. The Morgan fingerprint density at radius 3 is 2.57 bits per heavy atom. The number of rotatable bonds is 9. The van der Waals surface area contributed by atoms with Gasteiger partial charge in [-0.3, -0.25) is 9.69 Å². The van der Waals surface area contributed by atoms with Crippen LogP contribution in [0.4, 0.5) is 10.5 Å². The fourth-order valence-electron chi connectivity index (χ4n) is 3.79. The largest absolute Gasteiger partial charge is 0.494 e. The lowest BCUT2D eigenvalue weighted by Crippen LogP contribution is -2.53. The molecule has 2 atom stereocenters. The number of morpholine rings is 1. The average molecular weight is 421 g/mol. The minimum atomic E-state index is -0.353. The van der Waals surface area contributed by atoms with Gasteiger partial charge in [0.2, 0.25) is 5.91 Å². The summed E-state index contributed by atoms with van der Waals surface area (Å²) in [6.45, 7) is 7.53. The van der Waals surface area contributed by atoms with Crippen molar-refractivity contribution in [2.75, 3.05) is 64.5 Å². The second-order valence-corrected chi connectivity index (χ2v) is 7.41. The van der Waals surface area contributed by atoms with E-state index in [1.807, 2.05) is 6.92 Å². The summed E-state index contributed by atoms with van der Waals surface area (Å²) < 4.78 is 16.4. The predicted molar refractivity (Wildman–Crippen MR) is 113 cm³/mol. The van der Waals surface area contributed by atoms with Gasteiger partial charge < -0.3 is 30.2 Å². The van der Waals surface area contributed by atoms with Crippen molar-refractivity contribution >= 4 is 17.6 Å². The van der Waals surface area contributed by atoms with Crippen LogP contribution < -0.4 is 20.7 Å². The number of benzene rings is 1. The van der Waals surface area contributed by atoms with Crippen molar-refractivity contribution in [1.29, 1.82) is 0 Å². The molecule has 9 nitrogen and oxygen atoms in total. The van der Waals surface area contributed by atoms with E-state index in [4.69, 9.17) is 14.2 Å². The number of anilines is 1. The summed E-state index contributed by atoms with van der Waals surface area (Å²) in [7, 11) is 0. The smallest absolute Gasteiger partial charge is 0.315 e. The maximum absolute atomic E-state index is 12.2. The second kappa shape index (κ2) is 11.7. The summed E-state index contributed by atoms with van der Waals surface area (Å²) in [5.74, 6) is 0.852. The third-order valence-corrected chi connectivity index (χ3v) is 5.35. The van der Waals surface area contributed by atoms with Gasteiger partial charge in [0.15, 0.2) is 0 Å².